The summed E-state index contributed by atoms with van der Waals surface area (Å²) < 4.78 is 0. The van der Waals surface area contributed by atoms with E-state index in [-0.39, 0.29) is 0 Å². The van der Waals surface area contributed by atoms with Gasteiger partial charge in [0.2, 0.25) is 0 Å². The van der Waals surface area contributed by atoms with Crippen LogP contribution >= 0.6 is 0 Å². The summed E-state index contributed by atoms with van der Waals surface area (Å²) in [5.74, 6) is 1.64. The fourth-order valence-electron chi connectivity index (χ4n) is 2.53. The molecule has 0 aromatic heterocycles. The predicted molar refractivity (Wildman–Crippen MR) is 58.8 cm³/mol. The van der Waals surface area contributed by atoms with E-state index < -0.39 is 0 Å². The van der Waals surface area contributed by atoms with Crippen LogP contribution in [0.3, 0.4) is 0 Å². The highest BCUT2D eigenvalue weighted by molar-refractivity contribution is 4.81. The molecule has 1 aliphatic rings. The maximum absolute atomic E-state index is 8.55. The normalized spacial score (nSPS) is 31.0. The fraction of sp³-hybridized carbons (Fsp3) is 0.917. The van der Waals surface area contributed by atoms with Crippen LogP contribution in [0.25, 0.3) is 0 Å². The first-order chi connectivity index (χ1) is 6.63. The molecule has 0 spiro atoms. The Morgan fingerprint density at radius 3 is 2.43 bits per heavy atom. The summed E-state index contributed by atoms with van der Waals surface area (Å²) in [7, 11) is 0. The number of hydrogen-bond acceptors (Lipinski definition) is 2. The molecule has 0 amide bonds. The summed E-state index contributed by atoms with van der Waals surface area (Å²) in [6.45, 7) is 9.36. The number of likely N-dealkylation sites (tertiary alicyclic amines) is 1. The molecule has 1 fully saturated rings. The van der Waals surface area contributed by atoms with E-state index in [1.54, 1.807) is 0 Å². The first kappa shape index (κ1) is 11.5. The van der Waals surface area contributed by atoms with Crippen molar-refractivity contribution >= 4 is 0 Å². The summed E-state index contributed by atoms with van der Waals surface area (Å²) in [6, 6.07) is 2.82. The van der Waals surface area contributed by atoms with E-state index >= 15 is 0 Å². The third-order valence-corrected chi connectivity index (χ3v) is 3.19. The van der Waals surface area contributed by atoms with Gasteiger partial charge in [0.1, 0.15) is 0 Å². The quantitative estimate of drug-likeness (QED) is 0.690. The Morgan fingerprint density at radius 1 is 1.36 bits per heavy atom. The van der Waals surface area contributed by atoms with E-state index in [2.05, 4.69) is 31.7 Å². The molecule has 0 saturated carbocycles. The van der Waals surface area contributed by atoms with Crippen LogP contribution in [-0.4, -0.2) is 24.0 Å². The van der Waals surface area contributed by atoms with Gasteiger partial charge in [-0.05, 0) is 31.6 Å². The molecule has 1 saturated heterocycles. The number of piperidine rings is 1. The minimum Gasteiger partial charge on any atom is -0.300 e. The van der Waals surface area contributed by atoms with Crippen LogP contribution in [0.1, 0.15) is 40.0 Å². The number of rotatable bonds is 3. The monoisotopic (exact) mass is 194 g/mol. The number of nitriles is 1. The van der Waals surface area contributed by atoms with E-state index in [0.717, 1.165) is 18.3 Å². The van der Waals surface area contributed by atoms with Gasteiger partial charge in [-0.2, -0.15) is 5.26 Å². The molecule has 1 aliphatic heterocycles. The molecular weight excluding hydrogens is 172 g/mol. The number of nitrogens with zero attached hydrogens (tertiary/aromatic N) is 2. The number of hydrogen-bond donors (Lipinski definition) is 0. The van der Waals surface area contributed by atoms with Crippen LogP contribution in [0, 0.1) is 23.2 Å². The smallest absolute Gasteiger partial charge is 0.0622 e. The van der Waals surface area contributed by atoms with Gasteiger partial charge in [0.05, 0.1) is 6.07 Å². The van der Waals surface area contributed by atoms with E-state index in [4.69, 9.17) is 5.26 Å². The van der Waals surface area contributed by atoms with Crippen molar-refractivity contribution < 1.29 is 0 Å². The molecule has 0 radical (unpaired) electrons. The molecule has 3 atom stereocenters. The maximum Gasteiger partial charge on any atom is 0.0622 e. The van der Waals surface area contributed by atoms with E-state index in [1.807, 2.05) is 0 Å². The molecule has 2 heteroatoms. The molecule has 14 heavy (non-hydrogen) atoms. The van der Waals surface area contributed by atoms with Gasteiger partial charge in [-0.1, -0.05) is 13.8 Å². The van der Waals surface area contributed by atoms with Gasteiger partial charge in [-0.3, -0.25) is 0 Å². The lowest BCUT2D eigenvalue weighted by Gasteiger charge is -2.38. The van der Waals surface area contributed by atoms with Crippen molar-refractivity contribution in [2.24, 2.45) is 11.8 Å². The van der Waals surface area contributed by atoms with Gasteiger partial charge >= 0.3 is 0 Å². The predicted octanol–water partition coefficient (Wildman–Crippen LogP) is 2.66. The van der Waals surface area contributed by atoms with Crippen molar-refractivity contribution in [2.45, 2.75) is 46.1 Å². The lowest BCUT2D eigenvalue weighted by Crippen LogP contribution is -2.43. The topological polar surface area (TPSA) is 27.0 Å². The Hall–Kier alpha value is -0.550. The van der Waals surface area contributed by atoms with Gasteiger partial charge < -0.3 is 4.90 Å². The first-order valence-electron chi connectivity index (χ1n) is 5.74. The first-order valence-corrected chi connectivity index (χ1v) is 5.74. The zero-order chi connectivity index (χ0) is 10.6. The molecule has 1 heterocycles. The molecule has 1 rings (SSSR count). The molecule has 3 unspecified atom stereocenters. The van der Waals surface area contributed by atoms with Crippen LogP contribution < -0.4 is 0 Å². The Bertz CT molecular complexity index is 197. The van der Waals surface area contributed by atoms with Crippen molar-refractivity contribution in [1.29, 1.82) is 5.26 Å². The van der Waals surface area contributed by atoms with Crippen molar-refractivity contribution in [2.75, 3.05) is 13.1 Å². The fourth-order valence-corrected chi connectivity index (χ4v) is 2.53. The summed E-state index contributed by atoms with van der Waals surface area (Å²) in [5.41, 5.74) is 0. The summed E-state index contributed by atoms with van der Waals surface area (Å²) in [4.78, 5) is 2.55. The Labute approximate surface area is 87.9 Å². The minimum absolute atomic E-state index is 0.583. The van der Waals surface area contributed by atoms with Crippen LogP contribution in [0.5, 0.6) is 0 Å². The second-order valence-corrected chi connectivity index (χ2v) is 4.95. The molecule has 0 aromatic rings. The zero-order valence-electron chi connectivity index (χ0n) is 9.66. The standard InChI is InChI=1S/C12H22N2/c1-10-7-11(2)9-14(8-10)12(3)5-4-6-13/h10-12H,4-5,7-9H2,1-3H3. The van der Waals surface area contributed by atoms with Gasteiger partial charge in [0, 0.05) is 25.6 Å². The van der Waals surface area contributed by atoms with Crippen LogP contribution in [-0.2, 0) is 0 Å². The lowest BCUT2D eigenvalue weighted by atomic mass is 9.90. The molecule has 2 nitrogen and oxygen atoms in total. The third-order valence-electron chi connectivity index (χ3n) is 3.19. The maximum atomic E-state index is 8.55. The molecule has 0 bridgehead atoms. The molecule has 80 valence electrons. The highest BCUT2D eigenvalue weighted by Gasteiger charge is 2.24. The van der Waals surface area contributed by atoms with Gasteiger partial charge in [-0.15, -0.1) is 0 Å². The van der Waals surface area contributed by atoms with Crippen molar-refractivity contribution in [1.82, 2.24) is 4.90 Å². The van der Waals surface area contributed by atoms with Crippen LogP contribution in [0.4, 0.5) is 0 Å². The zero-order valence-corrected chi connectivity index (χ0v) is 9.66. The Morgan fingerprint density at radius 2 is 1.93 bits per heavy atom. The molecular formula is C12H22N2. The van der Waals surface area contributed by atoms with Crippen LogP contribution in [0.15, 0.2) is 0 Å². The van der Waals surface area contributed by atoms with E-state index in [1.165, 1.54) is 19.5 Å². The summed E-state index contributed by atoms with van der Waals surface area (Å²) in [6.07, 6.45) is 3.08. The second kappa shape index (κ2) is 5.36. The van der Waals surface area contributed by atoms with Gasteiger partial charge in [0.25, 0.3) is 0 Å². The molecule has 0 aliphatic carbocycles. The van der Waals surface area contributed by atoms with E-state index in [9.17, 15) is 0 Å². The SMILES string of the molecule is CC1CC(C)CN(C(C)CCC#N)C1. The molecule has 0 aromatic carbocycles. The van der Waals surface area contributed by atoms with Crippen molar-refractivity contribution in [3.63, 3.8) is 0 Å². The van der Waals surface area contributed by atoms with Gasteiger partial charge in [-0.25, -0.2) is 0 Å². The van der Waals surface area contributed by atoms with E-state index in [0.29, 0.717) is 12.5 Å². The average Bonchev–Trinajstić information content (AvgIpc) is 2.12. The van der Waals surface area contributed by atoms with Crippen LogP contribution in [0.2, 0.25) is 0 Å². The van der Waals surface area contributed by atoms with Gasteiger partial charge in [0.15, 0.2) is 0 Å². The Kier molecular flexibility index (Phi) is 4.41. The minimum atomic E-state index is 0.583. The van der Waals surface area contributed by atoms with Crippen molar-refractivity contribution in [3.8, 4) is 6.07 Å². The van der Waals surface area contributed by atoms with Crippen molar-refractivity contribution in [3.05, 3.63) is 0 Å². The molecule has 0 N–H and O–H groups in total. The lowest BCUT2D eigenvalue weighted by molar-refractivity contribution is 0.0994. The third kappa shape index (κ3) is 3.31. The summed E-state index contributed by atoms with van der Waals surface area (Å²) >= 11 is 0. The highest BCUT2D eigenvalue weighted by Crippen LogP contribution is 2.23. The second-order valence-electron chi connectivity index (χ2n) is 4.95. The Balaban J connectivity index is 2.39. The summed E-state index contributed by atoms with van der Waals surface area (Å²) in [5, 5.41) is 8.55. The largest absolute Gasteiger partial charge is 0.300 e. The average molecular weight is 194 g/mol. The highest BCUT2D eigenvalue weighted by atomic mass is 15.2.